The first kappa shape index (κ1) is 24.8. The Labute approximate surface area is 180 Å². The predicted molar refractivity (Wildman–Crippen MR) is 121 cm³/mol. The van der Waals surface area contributed by atoms with Crippen LogP contribution in [-0.2, 0) is 11.3 Å². The van der Waals surface area contributed by atoms with E-state index in [1.165, 1.54) is 0 Å². The minimum atomic E-state index is -0.211. The van der Waals surface area contributed by atoms with Gasteiger partial charge in [-0.2, -0.15) is 0 Å². The summed E-state index contributed by atoms with van der Waals surface area (Å²) >= 11 is 0. The SMILES string of the molecule is COc1cc(CNC(C)C(C)(C)C)ccc1OCC(=O)Nc1cccc(C)c1.Cl. The second-order valence-corrected chi connectivity index (χ2v) is 8.16. The van der Waals surface area contributed by atoms with Crippen molar-refractivity contribution in [2.45, 2.75) is 47.2 Å². The van der Waals surface area contributed by atoms with Crippen LogP contribution in [0.15, 0.2) is 42.5 Å². The summed E-state index contributed by atoms with van der Waals surface area (Å²) in [4.78, 5) is 12.1. The van der Waals surface area contributed by atoms with Crippen molar-refractivity contribution in [3.63, 3.8) is 0 Å². The summed E-state index contributed by atoms with van der Waals surface area (Å²) in [6.45, 7) is 11.5. The van der Waals surface area contributed by atoms with Gasteiger partial charge in [0.15, 0.2) is 18.1 Å². The van der Waals surface area contributed by atoms with E-state index in [1.54, 1.807) is 7.11 Å². The third kappa shape index (κ3) is 7.95. The molecule has 0 aliphatic carbocycles. The molecule has 5 nitrogen and oxygen atoms in total. The van der Waals surface area contributed by atoms with Crippen LogP contribution in [0.25, 0.3) is 0 Å². The Morgan fingerprint density at radius 2 is 1.83 bits per heavy atom. The summed E-state index contributed by atoms with van der Waals surface area (Å²) in [7, 11) is 1.60. The minimum Gasteiger partial charge on any atom is -0.493 e. The van der Waals surface area contributed by atoms with Crippen LogP contribution < -0.4 is 20.1 Å². The van der Waals surface area contributed by atoms with E-state index in [4.69, 9.17) is 9.47 Å². The molecule has 1 amide bonds. The van der Waals surface area contributed by atoms with Crippen LogP contribution in [0.4, 0.5) is 5.69 Å². The van der Waals surface area contributed by atoms with Crippen LogP contribution in [0.5, 0.6) is 11.5 Å². The monoisotopic (exact) mass is 420 g/mol. The highest BCUT2D eigenvalue weighted by molar-refractivity contribution is 5.92. The zero-order valence-electron chi connectivity index (χ0n) is 18.2. The molecule has 0 heterocycles. The van der Waals surface area contributed by atoms with Crippen LogP contribution in [-0.4, -0.2) is 25.7 Å². The van der Waals surface area contributed by atoms with Crippen molar-refractivity contribution in [2.75, 3.05) is 19.0 Å². The molecule has 6 heteroatoms. The van der Waals surface area contributed by atoms with Gasteiger partial charge in [0.25, 0.3) is 5.91 Å². The molecule has 0 aliphatic heterocycles. The summed E-state index contributed by atoms with van der Waals surface area (Å²) in [5.74, 6) is 0.956. The number of aryl methyl sites for hydroxylation is 1. The largest absolute Gasteiger partial charge is 0.493 e. The molecule has 2 aromatic carbocycles. The molecule has 2 aromatic rings. The Morgan fingerprint density at radius 3 is 2.45 bits per heavy atom. The maximum atomic E-state index is 12.1. The van der Waals surface area contributed by atoms with Gasteiger partial charge >= 0.3 is 0 Å². The van der Waals surface area contributed by atoms with Gasteiger partial charge in [0, 0.05) is 18.3 Å². The predicted octanol–water partition coefficient (Wildman–Crippen LogP) is 4.97. The van der Waals surface area contributed by atoms with Gasteiger partial charge in [0.05, 0.1) is 7.11 Å². The highest BCUT2D eigenvalue weighted by atomic mass is 35.5. The molecule has 0 bridgehead atoms. The Balaban J connectivity index is 0.00000420. The molecule has 2 N–H and O–H groups in total. The molecule has 0 aromatic heterocycles. The molecule has 29 heavy (non-hydrogen) atoms. The maximum absolute atomic E-state index is 12.1. The highest BCUT2D eigenvalue weighted by Gasteiger charge is 2.19. The van der Waals surface area contributed by atoms with Gasteiger partial charge in [-0.3, -0.25) is 4.79 Å². The average Bonchev–Trinajstić information content (AvgIpc) is 2.63. The van der Waals surface area contributed by atoms with Gasteiger partial charge < -0.3 is 20.1 Å². The molecule has 160 valence electrons. The van der Waals surface area contributed by atoms with Crippen molar-refractivity contribution in [2.24, 2.45) is 5.41 Å². The zero-order chi connectivity index (χ0) is 20.7. The van der Waals surface area contributed by atoms with E-state index in [-0.39, 0.29) is 30.3 Å². The Kier molecular flexibility index (Phi) is 9.47. The zero-order valence-corrected chi connectivity index (χ0v) is 19.0. The van der Waals surface area contributed by atoms with Crippen molar-refractivity contribution in [3.05, 3.63) is 53.6 Å². The third-order valence-corrected chi connectivity index (χ3v) is 4.80. The molecular formula is C23H33ClN2O3. The Hall–Kier alpha value is -2.24. The summed E-state index contributed by atoms with van der Waals surface area (Å²) < 4.78 is 11.1. The number of carbonyl (C=O) groups excluding carboxylic acids is 1. The fourth-order valence-electron chi connectivity index (χ4n) is 2.58. The summed E-state index contributed by atoms with van der Waals surface area (Å²) in [6, 6.07) is 13.8. The summed E-state index contributed by atoms with van der Waals surface area (Å²) in [6.07, 6.45) is 0. The molecule has 0 saturated heterocycles. The second kappa shape index (κ2) is 11.1. The smallest absolute Gasteiger partial charge is 0.262 e. The third-order valence-electron chi connectivity index (χ3n) is 4.80. The lowest BCUT2D eigenvalue weighted by Crippen LogP contribution is -2.37. The standard InChI is InChI=1S/C23H32N2O3.ClH/c1-16-8-7-9-19(12-16)25-22(26)15-28-20-11-10-18(13-21(20)27-6)14-24-17(2)23(3,4)5;/h7-13,17,24H,14-15H2,1-6H3,(H,25,26);1H. The van der Waals surface area contributed by atoms with Gasteiger partial charge in [-0.1, -0.05) is 39.0 Å². The number of hydrogen-bond acceptors (Lipinski definition) is 4. The normalized spacial score (nSPS) is 11.9. The maximum Gasteiger partial charge on any atom is 0.262 e. The van der Waals surface area contributed by atoms with Crippen molar-refractivity contribution < 1.29 is 14.3 Å². The van der Waals surface area contributed by atoms with E-state index in [2.05, 4.69) is 38.3 Å². The first-order valence-corrected chi connectivity index (χ1v) is 9.58. The van der Waals surface area contributed by atoms with E-state index < -0.39 is 0 Å². The molecular weight excluding hydrogens is 388 g/mol. The fourth-order valence-corrected chi connectivity index (χ4v) is 2.58. The van der Waals surface area contributed by atoms with Crippen molar-refractivity contribution in [1.29, 1.82) is 0 Å². The number of rotatable bonds is 8. The number of anilines is 1. The second-order valence-electron chi connectivity index (χ2n) is 8.16. The highest BCUT2D eigenvalue weighted by Crippen LogP contribution is 2.28. The van der Waals surface area contributed by atoms with Crippen LogP contribution in [0.3, 0.4) is 0 Å². The number of nitrogens with one attached hydrogen (secondary N) is 2. The lowest BCUT2D eigenvalue weighted by molar-refractivity contribution is -0.118. The van der Waals surface area contributed by atoms with E-state index in [0.29, 0.717) is 17.5 Å². The van der Waals surface area contributed by atoms with E-state index in [9.17, 15) is 4.79 Å². The van der Waals surface area contributed by atoms with Crippen molar-refractivity contribution in [1.82, 2.24) is 5.32 Å². The van der Waals surface area contributed by atoms with E-state index in [0.717, 1.165) is 23.4 Å². The Morgan fingerprint density at radius 1 is 1.10 bits per heavy atom. The first-order valence-electron chi connectivity index (χ1n) is 9.58. The molecule has 0 fully saturated rings. The number of benzene rings is 2. The average molecular weight is 421 g/mol. The molecule has 1 unspecified atom stereocenters. The number of hydrogen-bond donors (Lipinski definition) is 2. The molecule has 1 atom stereocenters. The van der Waals surface area contributed by atoms with Gasteiger partial charge in [-0.25, -0.2) is 0 Å². The minimum absolute atomic E-state index is 0. The molecule has 2 rings (SSSR count). The van der Waals surface area contributed by atoms with E-state index >= 15 is 0 Å². The topological polar surface area (TPSA) is 59.6 Å². The summed E-state index contributed by atoms with van der Waals surface area (Å²) in [5.41, 5.74) is 3.14. The molecule has 0 saturated carbocycles. The molecule has 0 radical (unpaired) electrons. The van der Waals surface area contributed by atoms with Crippen LogP contribution >= 0.6 is 12.4 Å². The van der Waals surface area contributed by atoms with Gasteiger partial charge in [0.2, 0.25) is 0 Å². The van der Waals surface area contributed by atoms with Crippen LogP contribution in [0, 0.1) is 12.3 Å². The van der Waals surface area contributed by atoms with Gasteiger partial charge in [0.1, 0.15) is 0 Å². The lowest BCUT2D eigenvalue weighted by atomic mass is 9.88. The number of halogens is 1. The Bertz CT molecular complexity index is 803. The fraction of sp³-hybridized carbons (Fsp3) is 0.435. The number of amides is 1. The number of ether oxygens (including phenoxy) is 2. The number of carbonyl (C=O) groups is 1. The van der Waals surface area contributed by atoms with Gasteiger partial charge in [-0.05, 0) is 54.7 Å². The summed E-state index contributed by atoms with van der Waals surface area (Å²) in [5, 5.41) is 6.37. The van der Waals surface area contributed by atoms with Crippen molar-refractivity contribution >= 4 is 24.0 Å². The van der Waals surface area contributed by atoms with Crippen molar-refractivity contribution in [3.8, 4) is 11.5 Å². The van der Waals surface area contributed by atoms with Gasteiger partial charge in [-0.15, -0.1) is 12.4 Å². The van der Waals surface area contributed by atoms with E-state index in [1.807, 2.05) is 49.4 Å². The lowest BCUT2D eigenvalue weighted by Gasteiger charge is -2.28. The molecule has 0 aliphatic rings. The number of methoxy groups -OCH3 is 1. The molecule has 0 spiro atoms. The van der Waals surface area contributed by atoms with Crippen LogP contribution in [0.1, 0.15) is 38.8 Å². The first-order chi connectivity index (χ1) is 13.2. The quantitative estimate of drug-likeness (QED) is 0.633. The van der Waals surface area contributed by atoms with Crippen LogP contribution in [0.2, 0.25) is 0 Å².